The van der Waals surface area contributed by atoms with Gasteiger partial charge in [0.25, 0.3) is 5.91 Å². The molecule has 0 aliphatic carbocycles. The number of likely N-dealkylation sites (N-methyl/N-ethyl adjacent to an activating group) is 1. The quantitative estimate of drug-likeness (QED) is 0.379. The van der Waals surface area contributed by atoms with Crippen molar-refractivity contribution in [2.75, 3.05) is 13.1 Å². The Morgan fingerprint density at radius 2 is 1.59 bits per heavy atom. The van der Waals surface area contributed by atoms with Crippen LogP contribution in [0.2, 0.25) is 5.02 Å². The Bertz CT molecular complexity index is 1110. The van der Waals surface area contributed by atoms with Gasteiger partial charge in [-0.3, -0.25) is 4.79 Å². The molecule has 8 heteroatoms. The van der Waals surface area contributed by atoms with E-state index in [0.717, 1.165) is 22.9 Å². The first-order valence-corrected chi connectivity index (χ1v) is 10.5. The third-order valence-electron chi connectivity index (χ3n) is 5.01. The van der Waals surface area contributed by atoms with Crippen molar-refractivity contribution in [3.8, 4) is 17.2 Å². The lowest BCUT2D eigenvalue weighted by atomic mass is 10.1. The van der Waals surface area contributed by atoms with Crippen LogP contribution in [0.1, 0.15) is 26.3 Å². The Kier molecular flexibility index (Phi) is 7.19. The minimum absolute atomic E-state index is 0.0934. The molecule has 3 aromatic rings. The van der Waals surface area contributed by atoms with Crippen LogP contribution in [-0.4, -0.2) is 30.0 Å². The van der Waals surface area contributed by atoms with Gasteiger partial charge in [-0.2, -0.15) is 13.2 Å². The summed E-state index contributed by atoms with van der Waals surface area (Å²) in [7, 11) is 0. The predicted molar refractivity (Wildman–Crippen MR) is 118 cm³/mol. The number of ether oxygens (including phenoxy) is 2. The molecule has 0 aliphatic heterocycles. The van der Waals surface area contributed by atoms with Crippen molar-refractivity contribution >= 4 is 28.3 Å². The first-order valence-electron chi connectivity index (χ1n) is 10.2. The Labute approximate surface area is 189 Å². The number of alkyl halides is 3. The van der Waals surface area contributed by atoms with Gasteiger partial charge in [0, 0.05) is 13.1 Å². The van der Waals surface area contributed by atoms with Crippen LogP contribution in [0.4, 0.5) is 13.2 Å². The predicted octanol–water partition coefficient (Wildman–Crippen LogP) is 6.94. The Morgan fingerprint density at radius 1 is 0.969 bits per heavy atom. The fourth-order valence-corrected chi connectivity index (χ4v) is 3.49. The number of fused-ring (bicyclic) bond motifs is 1. The summed E-state index contributed by atoms with van der Waals surface area (Å²) in [6, 6.07) is 13.6. The summed E-state index contributed by atoms with van der Waals surface area (Å²) in [5.74, 6) is 0.952. The van der Waals surface area contributed by atoms with Gasteiger partial charge in [0.05, 0.1) is 10.6 Å². The van der Waals surface area contributed by atoms with E-state index in [1.165, 1.54) is 6.07 Å². The van der Waals surface area contributed by atoms with E-state index in [2.05, 4.69) is 0 Å². The van der Waals surface area contributed by atoms with Crippen molar-refractivity contribution in [2.45, 2.75) is 33.1 Å². The molecule has 0 aliphatic rings. The van der Waals surface area contributed by atoms with Gasteiger partial charge in [0.15, 0.2) is 6.10 Å². The summed E-state index contributed by atoms with van der Waals surface area (Å²) in [5.41, 5.74) is -0.844. The molecule has 170 valence electrons. The number of nitrogens with zero attached hydrogens (tertiary/aromatic N) is 1. The average molecular weight is 466 g/mol. The molecule has 0 radical (unpaired) electrons. The van der Waals surface area contributed by atoms with E-state index >= 15 is 0 Å². The van der Waals surface area contributed by atoms with Crippen molar-refractivity contribution in [3.05, 3.63) is 65.2 Å². The normalized spacial score (nSPS) is 12.5. The second kappa shape index (κ2) is 9.69. The minimum Gasteiger partial charge on any atom is -0.481 e. The number of halogens is 4. The molecule has 32 heavy (non-hydrogen) atoms. The fourth-order valence-electron chi connectivity index (χ4n) is 3.27. The molecule has 3 rings (SSSR count). The highest BCUT2D eigenvalue weighted by molar-refractivity contribution is 6.32. The number of carbonyl (C=O) groups excluding carboxylic acids is 1. The van der Waals surface area contributed by atoms with Crippen molar-refractivity contribution in [1.29, 1.82) is 0 Å². The molecule has 0 saturated carbocycles. The number of hydrogen-bond donors (Lipinski definition) is 0. The summed E-state index contributed by atoms with van der Waals surface area (Å²) in [4.78, 5) is 14.1. The largest absolute Gasteiger partial charge is 0.481 e. The monoisotopic (exact) mass is 465 g/mol. The standard InChI is InChI=1S/C24H23ClF3NO3/c1-4-29(5-2)23(30)15(3)31-19-9-6-16-7-10-20(13-17(16)12-19)32-22-11-8-18(14-21(22)25)24(26,27)28/h6-15H,4-5H2,1-3H3. The third kappa shape index (κ3) is 5.46. The van der Waals surface area contributed by atoms with Crippen LogP contribution in [0.25, 0.3) is 10.8 Å². The summed E-state index contributed by atoms with van der Waals surface area (Å²) in [5, 5.41) is 1.55. The number of hydrogen-bond acceptors (Lipinski definition) is 3. The van der Waals surface area contributed by atoms with E-state index in [1.807, 2.05) is 26.0 Å². The molecule has 0 saturated heterocycles. The van der Waals surface area contributed by atoms with Gasteiger partial charge in [0.2, 0.25) is 0 Å². The molecule has 0 N–H and O–H groups in total. The number of rotatable bonds is 7. The van der Waals surface area contributed by atoms with Gasteiger partial charge < -0.3 is 14.4 Å². The molecule has 0 spiro atoms. The third-order valence-corrected chi connectivity index (χ3v) is 5.30. The lowest BCUT2D eigenvalue weighted by Crippen LogP contribution is -2.40. The zero-order valence-electron chi connectivity index (χ0n) is 17.9. The molecule has 4 nitrogen and oxygen atoms in total. The van der Waals surface area contributed by atoms with Crippen LogP contribution < -0.4 is 9.47 Å². The van der Waals surface area contributed by atoms with E-state index in [9.17, 15) is 18.0 Å². The molecule has 0 bridgehead atoms. The lowest BCUT2D eigenvalue weighted by Gasteiger charge is -2.23. The molecule has 0 fully saturated rings. The van der Waals surface area contributed by atoms with E-state index in [1.54, 1.807) is 36.1 Å². The number of amides is 1. The Morgan fingerprint density at radius 3 is 2.19 bits per heavy atom. The first-order chi connectivity index (χ1) is 15.1. The maximum absolute atomic E-state index is 12.8. The van der Waals surface area contributed by atoms with Crippen LogP contribution in [0.3, 0.4) is 0 Å². The lowest BCUT2D eigenvalue weighted by molar-refractivity contribution is -0.138. The second-order valence-corrected chi connectivity index (χ2v) is 7.59. The number of benzene rings is 3. The summed E-state index contributed by atoms with van der Waals surface area (Å²) < 4.78 is 50.0. The minimum atomic E-state index is -4.48. The highest BCUT2D eigenvalue weighted by Crippen LogP contribution is 2.37. The Hall–Kier alpha value is -2.93. The zero-order chi connectivity index (χ0) is 23.5. The SMILES string of the molecule is CCN(CC)C(=O)C(C)Oc1ccc2ccc(Oc3ccc(C(F)(F)F)cc3Cl)cc2c1. The molecule has 1 amide bonds. The van der Waals surface area contributed by atoms with Crippen LogP contribution in [0.15, 0.2) is 54.6 Å². The van der Waals surface area contributed by atoms with Crippen molar-refractivity contribution < 1.29 is 27.4 Å². The highest BCUT2D eigenvalue weighted by atomic mass is 35.5. The van der Waals surface area contributed by atoms with Gasteiger partial charge in [0.1, 0.15) is 17.2 Å². The molecule has 0 aromatic heterocycles. The smallest absolute Gasteiger partial charge is 0.416 e. The van der Waals surface area contributed by atoms with Crippen molar-refractivity contribution in [2.24, 2.45) is 0 Å². The molecule has 3 aromatic carbocycles. The maximum Gasteiger partial charge on any atom is 0.416 e. The average Bonchev–Trinajstić information content (AvgIpc) is 2.75. The molecule has 1 unspecified atom stereocenters. The van der Waals surface area contributed by atoms with Crippen LogP contribution >= 0.6 is 11.6 Å². The maximum atomic E-state index is 12.8. The van der Waals surface area contributed by atoms with Crippen LogP contribution in [0, 0.1) is 0 Å². The van der Waals surface area contributed by atoms with E-state index in [0.29, 0.717) is 24.6 Å². The molecular weight excluding hydrogens is 443 g/mol. The fraction of sp³-hybridized carbons (Fsp3) is 0.292. The van der Waals surface area contributed by atoms with Crippen LogP contribution in [-0.2, 0) is 11.0 Å². The van der Waals surface area contributed by atoms with Gasteiger partial charge >= 0.3 is 6.18 Å². The zero-order valence-corrected chi connectivity index (χ0v) is 18.6. The van der Waals surface area contributed by atoms with Crippen LogP contribution in [0.5, 0.6) is 17.2 Å². The van der Waals surface area contributed by atoms with Gasteiger partial charge in [-0.05, 0) is 74.0 Å². The van der Waals surface area contributed by atoms with Gasteiger partial charge in [-0.15, -0.1) is 0 Å². The van der Waals surface area contributed by atoms with E-state index < -0.39 is 17.8 Å². The van der Waals surface area contributed by atoms with E-state index in [-0.39, 0.29) is 16.7 Å². The molecule has 1 atom stereocenters. The van der Waals surface area contributed by atoms with Crippen molar-refractivity contribution in [3.63, 3.8) is 0 Å². The summed E-state index contributed by atoms with van der Waals surface area (Å²) in [6.45, 7) is 6.74. The van der Waals surface area contributed by atoms with Gasteiger partial charge in [-0.1, -0.05) is 23.7 Å². The summed E-state index contributed by atoms with van der Waals surface area (Å²) in [6.07, 6.45) is -5.12. The molecule has 0 heterocycles. The summed E-state index contributed by atoms with van der Waals surface area (Å²) >= 11 is 5.98. The van der Waals surface area contributed by atoms with E-state index in [4.69, 9.17) is 21.1 Å². The first kappa shape index (κ1) is 23.7. The number of carbonyl (C=O) groups is 1. The Balaban J connectivity index is 1.80. The molecular formula is C24H23ClF3NO3. The van der Waals surface area contributed by atoms with Gasteiger partial charge in [-0.25, -0.2) is 0 Å². The highest BCUT2D eigenvalue weighted by Gasteiger charge is 2.31. The van der Waals surface area contributed by atoms with Crippen molar-refractivity contribution in [1.82, 2.24) is 4.90 Å². The second-order valence-electron chi connectivity index (χ2n) is 7.19. The topological polar surface area (TPSA) is 38.8 Å².